The zero-order valence-corrected chi connectivity index (χ0v) is 12.0. The summed E-state index contributed by atoms with van der Waals surface area (Å²) in [5.74, 6) is 1.44. The Bertz CT molecular complexity index is 611. The number of halogens is 1. The van der Waals surface area contributed by atoms with Gasteiger partial charge in [-0.25, -0.2) is 0 Å². The third-order valence-corrected chi connectivity index (χ3v) is 4.10. The zero-order valence-electron chi connectivity index (χ0n) is 11.2. The molecule has 2 atom stereocenters. The van der Waals surface area contributed by atoms with Gasteiger partial charge in [0.25, 0.3) is 0 Å². The molecular formula is C16H18ClNO. The van der Waals surface area contributed by atoms with E-state index in [4.69, 9.17) is 16.3 Å². The summed E-state index contributed by atoms with van der Waals surface area (Å²) in [6.07, 6.45) is 0. The lowest BCUT2D eigenvalue weighted by Crippen LogP contribution is -2.33. The minimum atomic E-state index is 0.316. The van der Waals surface area contributed by atoms with E-state index in [1.165, 1.54) is 5.56 Å². The van der Waals surface area contributed by atoms with Crippen LogP contribution in [0.25, 0.3) is 10.8 Å². The molecule has 0 aliphatic carbocycles. The maximum atomic E-state index is 6.42. The van der Waals surface area contributed by atoms with Gasteiger partial charge in [-0.2, -0.15) is 0 Å². The second-order valence-corrected chi connectivity index (χ2v) is 5.55. The van der Waals surface area contributed by atoms with E-state index in [1.807, 2.05) is 18.2 Å². The molecule has 2 unspecified atom stereocenters. The van der Waals surface area contributed by atoms with Crippen LogP contribution < -0.4 is 10.1 Å². The SMILES string of the molecule is CCNC1c2cc(Cl)c3ccccc3c2OCC1C. The predicted molar refractivity (Wildman–Crippen MR) is 80.0 cm³/mol. The van der Waals surface area contributed by atoms with Gasteiger partial charge in [0.1, 0.15) is 5.75 Å². The average Bonchev–Trinajstić information content (AvgIpc) is 2.43. The van der Waals surface area contributed by atoms with E-state index in [0.29, 0.717) is 12.0 Å². The topological polar surface area (TPSA) is 21.3 Å². The van der Waals surface area contributed by atoms with Gasteiger partial charge < -0.3 is 10.1 Å². The van der Waals surface area contributed by atoms with Crippen LogP contribution in [0.5, 0.6) is 5.75 Å². The van der Waals surface area contributed by atoms with Crippen molar-refractivity contribution in [1.82, 2.24) is 5.32 Å². The molecule has 100 valence electrons. The van der Waals surface area contributed by atoms with E-state index >= 15 is 0 Å². The summed E-state index contributed by atoms with van der Waals surface area (Å²) in [6.45, 7) is 6.03. The number of hydrogen-bond donors (Lipinski definition) is 1. The van der Waals surface area contributed by atoms with E-state index in [9.17, 15) is 0 Å². The third kappa shape index (κ3) is 2.09. The van der Waals surface area contributed by atoms with Gasteiger partial charge in [-0.1, -0.05) is 49.7 Å². The van der Waals surface area contributed by atoms with Crippen LogP contribution in [0.1, 0.15) is 25.5 Å². The lowest BCUT2D eigenvalue weighted by Gasteiger charge is -2.33. The molecule has 0 saturated heterocycles. The Hall–Kier alpha value is -1.25. The normalized spacial score (nSPS) is 22.1. The molecule has 0 amide bonds. The molecule has 1 N–H and O–H groups in total. The first kappa shape index (κ1) is 12.8. The summed E-state index contributed by atoms with van der Waals surface area (Å²) in [4.78, 5) is 0. The van der Waals surface area contributed by atoms with Crippen LogP contribution in [0.2, 0.25) is 5.02 Å². The van der Waals surface area contributed by atoms with Gasteiger partial charge in [0.2, 0.25) is 0 Å². The molecule has 2 aromatic carbocycles. The average molecular weight is 276 g/mol. The second kappa shape index (κ2) is 5.03. The molecule has 0 aromatic heterocycles. The van der Waals surface area contributed by atoms with Crippen molar-refractivity contribution in [2.45, 2.75) is 19.9 Å². The van der Waals surface area contributed by atoms with Gasteiger partial charge in [0.15, 0.2) is 0 Å². The van der Waals surface area contributed by atoms with Crippen LogP contribution in [0.4, 0.5) is 0 Å². The molecule has 0 saturated carbocycles. The molecule has 0 spiro atoms. The van der Waals surface area contributed by atoms with Crippen molar-refractivity contribution < 1.29 is 4.74 Å². The highest BCUT2D eigenvalue weighted by Crippen LogP contribution is 2.43. The van der Waals surface area contributed by atoms with Gasteiger partial charge >= 0.3 is 0 Å². The first-order chi connectivity index (χ1) is 9.22. The van der Waals surface area contributed by atoms with Gasteiger partial charge in [0.05, 0.1) is 6.61 Å². The number of benzene rings is 2. The number of fused-ring (bicyclic) bond motifs is 3. The maximum Gasteiger partial charge on any atom is 0.132 e. The van der Waals surface area contributed by atoms with Crippen LogP contribution in [-0.4, -0.2) is 13.2 Å². The van der Waals surface area contributed by atoms with E-state index in [-0.39, 0.29) is 0 Å². The van der Waals surface area contributed by atoms with Crippen molar-refractivity contribution in [1.29, 1.82) is 0 Å². The van der Waals surface area contributed by atoms with Gasteiger partial charge in [-0.15, -0.1) is 0 Å². The van der Waals surface area contributed by atoms with Crippen molar-refractivity contribution in [3.8, 4) is 5.75 Å². The molecule has 0 bridgehead atoms. The van der Waals surface area contributed by atoms with Crippen molar-refractivity contribution in [2.24, 2.45) is 5.92 Å². The van der Waals surface area contributed by atoms with Gasteiger partial charge in [0, 0.05) is 33.3 Å². The third-order valence-electron chi connectivity index (χ3n) is 3.79. The maximum absolute atomic E-state index is 6.42. The minimum absolute atomic E-state index is 0.316. The fraction of sp³-hybridized carbons (Fsp3) is 0.375. The molecule has 2 aromatic rings. The highest BCUT2D eigenvalue weighted by molar-refractivity contribution is 6.36. The molecule has 3 heteroatoms. The summed E-state index contributed by atoms with van der Waals surface area (Å²) in [5, 5.41) is 6.52. The largest absolute Gasteiger partial charge is 0.492 e. The summed E-state index contributed by atoms with van der Waals surface area (Å²) >= 11 is 6.42. The Morgan fingerprint density at radius 3 is 2.79 bits per heavy atom. The quantitative estimate of drug-likeness (QED) is 0.888. The van der Waals surface area contributed by atoms with E-state index in [2.05, 4.69) is 31.3 Å². The lowest BCUT2D eigenvalue weighted by molar-refractivity contribution is 0.192. The summed E-state index contributed by atoms with van der Waals surface area (Å²) in [6, 6.07) is 10.5. The second-order valence-electron chi connectivity index (χ2n) is 5.15. The Balaban J connectivity index is 2.23. The molecule has 1 aliphatic rings. The zero-order chi connectivity index (χ0) is 13.4. The molecule has 1 heterocycles. The molecule has 19 heavy (non-hydrogen) atoms. The molecule has 0 fully saturated rings. The molecule has 1 aliphatic heterocycles. The standard InChI is InChI=1S/C16H18ClNO/c1-3-18-15-10(2)9-19-16-12-7-5-4-6-11(12)14(17)8-13(15)16/h4-8,10,15,18H,3,9H2,1-2H3. The van der Waals surface area contributed by atoms with Crippen LogP contribution in [-0.2, 0) is 0 Å². The summed E-state index contributed by atoms with van der Waals surface area (Å²) in [7, 11) is 0. The Morgan fingerprint density at radius 1 is 1.32 bits per heavy atom. The number of hydrogen-bond acceptors (Lipinski definition) is 2. The molecule has 3 rings (SSSR count). The van der Waals surface area contributed by atoms with E-state index < -0.39 is 0 Å². The van der Waals surface area contributed by atoms with Gasteiger partial charge in [-0.05, 0) is 12.6 Å². The molecular weight excluding hydrogens is 258 g/mol. The van der Waals surface area contributed by atoms with Crippen molar-refractivity contribution in [3.05, 3.63) is 40.9 Å². The fourth-order valence-corrected chi connectivity index (χ4v) is 3.15. The van der Waals surface area contributed by atoms with E-state index in [0.717, 1.165) is 34.7 Å². The van der Waals surface area contributed by atoms with Crippen LogP contribution in [0.3, 0.4) is 0 Å². The highest BCUT2D eigenvalue weighted by Gasteiger charge is 2.29. The van der Waals surface area contributed by atoms with Crippen LogP contribution in [0, 0.1) is 5.92 Å². The fourth-order valence-electron chi connectivity index (χ4n) is 2.87. The summed E-state index contributed by atoms with van der Waals surface area (Å²) in [5.41, 5.74) is 1.18. The monoisotopic (exact) mass is 275 g/mol. The Morgan fingerprint density at radius 2 is 2.05 bits per heavy atom. The van der Waals surface area contributed by atoms with Crippen molar-refractivity contribution in [2.75, 3.05) is 13.2 Å². The first-order valence-electron chi connectivity index (χ1n) is 6.79. The van der Waals surface area contributed by atoms with Crippen molar-refractivity contribution >= 4 is 22.4 Å². The van der Waals surface area contributed by atoms with Crippen LogP contribution in [0.15, 0.2) is 30.3 Å². The molecule has 2 nitrogen and oxygen atoms in total. The Kier molecular flexibility index (Phi) is 3.38. The first-order valence-corrected chi connectivity index (χ1v) is 7.17. The van der Waals surface area contributed by atoms with E-state index in [1.54, 1.807) is 0 Å². The number of ether oxygens (including phenoxy) is 1. The lowest BCUT2D eigenvalue weighted by atomic mass is 9.90. The smallest absolute Gasteiger partial charge is 0.132 e. The Labute approximate surface area is 118 Å². The highest BCUT2D eigenvalue weighted by atomic mass is 35.5. The molecule has 0 radical (unpaired) electrons. The number of nitrogens with one attached hydrogen (secondary N) is 1. The summed E-state index contributed by atoms with van der Waals surface area (Å²) < 4.78 is 5.98. The predicted octanol–water partition coefficient (Wildman–Crippen LogP) is 4.17. The van der Waals surface area contributed by atoms with Gasteiger partial charge in [-0.3, -0.25) is 0 Å². The number of rotatable bonds is 2. The minimum Gasteiger partial charge on any atom is -0.492 e. The van der Waals surface area contributed by atoms with Crippen molar-refractivity contribution in [3.63, 3.8) is 0 Å². The van der Waals surface area contributed by atoms with Crippen LogP contribution >= 0.6 is 11.6 Å².